The van der Waals surface area contributed by atoms with Crippen molar-refractivity contribution < 1.29 is 24.2 Å². The lowest BCUT2D eigenvalue weighted by Gasteiger charge is -2.17. The molecule has 2 aromatic carbocycles. The van der Waals surface area contributed by atoms with Crippen LogP contribution in [0.4, 0.5) is 5.69 Å². The van der Waals surface area contributed by atoms with E-state index in [9.17, 15) is 14.4 Å². The molecule has 1 amide bonds. The average molecular weight is 412 g/mol. The van der Waals surface area contributed by atoms with Gasteiger partial charge in [0.05, 0.1) is 17.7 Å². The summed E-state index contributed by atoms with van der Waals surface area (Å²) in [6, 6.07) is 11.7. The lowest BCUT2D eigenvalue weighted by Crippen LogP contribution is -2.44. The maximum atomic E-state index is 12.2. The van der Waals surface area contributed by atoms with Crippen LogP contribution in [0.3, 0.4) is 0 Å². The van der Waals surface area contributed by atoms with Crippen LogP contribution in [0.5, 0.6) is 5.75 Å². The second-order valence-electron chi connectivity index (χ2n) is 6.92. The van der Waals surface area contributed by atoms with Crippen molar-refractivity contribution in [3.05, 3.63) is 59.7 Å². The minimum Gasteiger partial charge on any atom is -0.480 e. The van der Waals surface area contributed by atoms with E-state index in [0.717, 1.165) is 0 Å². The van der Waals surface area contributed by atoms with Crippen LogP contribution in [0.25, 0.3) is 0 Å². The van der Waals surface area contributed by atoms with Gasteiger partial charge in [0.25, 0.3) is 0 Å². The van der Waals surface area contributed by atoms with E-state index in [-0.39, 0.29) is 18.3 Å². The third kappa shape index (κ3) is 6.62. The fraction of sp³-hybridized carbons (Fsp3) is 0.238. The monoisotopic (exact) mass is 412 g/mol. The quantitative estimate of drug-likeness (QED) is 0.222. The van der Waals surface area contributed by atoms with Gasteiger partial charge < -0.3 is 26.6 Å². The van der Waals surface area contributed by atoms with Gasteiger partial charge in [-0.3, -0.25) is 4.79 Å². The number of aliphatic imine (C=N–C) groups is 1. The van der Waals surface area contributed by atoms with E-state index in [4.69, 9.17) is 21.3 Å². The third-order valence-electron chi connectivity index (χ3n) is 4.11. The maximum Gasteiger partial charge on any atom is 0.343 e. The van der Waals surface area contributed by atoms with Crippen molar-refractivity contribution in [1.82, 2.24) is 5.32 Å². The van der Waals surface area contributed by atoms with Gasteiger partial charge in [-0.1, -0.05) is 26.0 Å². The molecule has 0 bridgehead atoms. The van der Waals surface area contributed by atoms with Crippen molar-refractivity contribution >= 4 is 29.5 Å². The second kappa shape index (κ2) is 10.1. The summed E-state index contributed by atoms with van der Waals surface area (Å²) >= 11 is 0. The number of rotatable bonds is 8. The summed E-state index contributed by atoms with van der Waals surface area (Å²) in [5.41, 5.74) is 12.1. The van der Waals surface area contributed by atoms with Gasteiger partial charge in [-0.05, 0) is 47.9 Å². The fourth-order valence-corrected chi connectivity index (χ4v) is 2.59. The molecule has 2 rings (SSSR count). The molecule has 0 radical (unpaired) electrons. The van der Waals surface area contributed by atoms with Gasteiger partial charge in [0.15, 0.2) is 5.96 Å². The Bertz CT molecular complexity index is 933. The first-order valence-corrected chi connectivity index (χ1v) is 9.18. The molecule has 6 N–H and O–H groups in total. The third-order valence-corrected chi connectivity index (χ3v) is 4.11. The van der Waals surface area contributed by atoms with Gasteiger partial charge in [-0.2, -0.15) is 0 Å². The van der Waals surface area contributed by atoms with E-state index in [2.05, 4.69) is 10.3 Å². The molecule has 0 unspecified atom stereocenters. The molecule has 0 aliphatic rings. The molecule has 30 heavy (non-hydrogen) atoms. The molecule has 0 fully saturated rings. The lowest BCUT2D eigenvalue weighted by atomic mass is 10.0. The molecule has 2 aromatic rings. The number of aliphatic carboxylic acids is 1. The van der Waals surface area contributed by atoms with Gasteiger partial charge in [0, 0.05) is 0 Å². The molecule has 0 aromatic heterocycles. The van der Waals surface area contributed by atoms with E-state index < -0.39 is 23.9 Å². The van der Waals surface area contributed by atoms with Crippen LogP contribution >= 0.6 is 0 Å². The first-order valence-electron chi connectivity index (χ1n) is 9.18. The number of guanidine groups is 1. The van der Waals surface area contributed by atoms with Crippen LogP contribution in [-0.4, -0.2) is 35.0 Å². The topological polar surface area (TPSA) is 157 Å². The number of esters is 1. The lowest BCUT2D eigenvalue weighted by molar-refractivity contribution is -0.143. The van der Waals surface area contributed by atoms with Crippen LogP contribution in [0.2, 0.25) is 0 Å². The Labute approximate surface area is 173 Å². The number of amides is 1. The number of hydrogen-bond acceptors (Lipinski definition) is 5. The zero-order valence-corrected chi connectivity index (χ0v) is 16.7. The average Bonchev–Trinajstić information content (AvgIpc) is 2.67. The molecule has 0 aliphatic heterocycles. The number of carbonyl (C=O) groups is 3. The van der Waals surface area contributed by atoms with Crippen LogP contribution in [0.15, 0.2) is 53.5 Å². The summed E-state index contributed by atoms with van der Waals surface area (Å²) in [6.45, 7) is 3.44. The summed E-state index contributed by atoms with van der Waals surface area (Å²) in [5, 5.41) is 11.6. The van der Waals surface area contributed by atoms with E-state index in [0.29, 0.717) is 22.6 Å². The van der Waals surface area contributed by atoms with Crippen molar-refractivity contribution in [3.8, 4) is 5.75 Å². The molecule has 0 saturated carbocycles. The highest BCUT2D eigenvalue weighted by molar-refractivity contribution is 5.91. The summed E-state index contributed by atoms with van der Waals surface area (Å²) in [6.07, 6.45) is 0.0109. The molecular weight excluding hydrogens is 388 g/mol. The predicted molar refractivity (Wildman–Crippen MR) is 111 cm³/mol. The Hall–Kier alpha value is -3.88. The minimum atomic E-state index is -1.08. The molecular formula is C21H24N4O5. The molecule has 0 spiro atoms. The Balaban J connectivity index is 1.95. The highest BCUT2D eigenvalue weighted by Crippen LogP contribution is 2.17. The molecule has 158 valence electrons. The molecule has 0 aliphatic carbocycles. The van der Waals surface area contributed by atoms with Gasteiger partial charge in [0.2, 0.25) is 5.91 Å². The van der Waals surface area contributed by atoms with Gasteiger partial charge in [-0.15, -0.1) is 0 Å². The van der Waals surface area contributed by atoms with Crippen LogP contribution in [0.1, 0.15) is 29.8 Å². The van der Waals surface area contributed by atoms with Gasteiger partial charge >= 0.3 is 11.9 Å². The molecule has 0 saturated heterocycles. The van der Waals surface area contributed by atoms with Crippen molar-refractivity contribution in [1.29, 1.82) is 0 Å². The largest absolute Gasteiger partial charge is 0.480 e. The minimum absolute atomic E-state index is 0.0109. The summed E-state index contributed by atoms with van der Waals surface area (Å²) < 4.78 is 5.31. The van der Waals surface area contributed by atoms with E-state index >= 15 is 0 Å². The van der Waals surface area contributed by atoms with Gasteiger partial charge in [0.1, 0.15) is 11.8 Å². The Morgan fingerprint density at radius 2 is 1.63 bits per heavy atom. The highest BCUT2D eigenvalue weighted by atomic mass is 16.5. The highest BCUT2D eigenvalue weighted by Gasteiger charge is 2.23. The predicted octanol–water partition coefficient (Wildman–Crippen LogP) is 1.58. The van der Waals surface area contributed by atoms with E-state index in [1.165, 1.54) is 12.1 Å². The Kier molecular flexibility index (Phi) is 7.51. The molecule has 1 atom stereocenters. The number of hydrogen-bond donors (Lipinski definition) is 4. The first-order chi connectivity index (χ1) is 14.2. The SMILES string of the molecule is CC(C)[C@@H](NC(=O)Cc1ccc(OC(=O)c2ccc(N=C(N)N)cc2)cc1)C(=O)O. The summed E-state index contributed by atoms with van der Waals surface area (Å²) in [4.78, 5) is 39.4. The summed E-state index contributed by atoms with van der Waals surface area (Å²) in [5.74, 6) is -2.04. The van der Waals surface area contributed by atoms with Crippen molar-refractivity contribution in [3.63, 3.8) is 0 Å². The number of benzene rings is 2. The number of carboxylic acid groups (broad SMARTS) is 1. The van der Waals surface area contributed by atoms with Gasteiger partial charge in [-0.25, -0.2) is 14.6 Å². The normalized spacial score (nSPS) is 11.4. The zero-order valence-electron chi connectivity index (χ0n) is 16.7. The van der Waals surface area contributed by atoms with E-state index in [1.807, 2.05) is 0 Å². The number of ether oxygens (including phenoxy) is 1. The second-order valence-corrected chi connectivity index (χ2v) is 6.92. The van der Waals surface area contributed by atoms with Crippen molar-refractivity contribution in [2.75, 3.05) is 0 Å². The number of nitrogens with two attached hydrogens (primary N) is 2. The Morgan fingerprint density at radius 1 is 1.03 bits per heavy atom. The number of nitrogens with one attached hydrogen (secondary N) is 1. The molecule has 9 heteroatoms. The van der Waals surface area contributed by atoms with E-state index in [1.54, 1.807) is 50.2 Å². The van der Waals surface area contributed by atoms with Crippen molar-refractivity contribution in [2.45, 2.75) is 26.3 Å². The smallest absolute Gasteiger partial charge is 0.343 e. The van der Waals surface area contributed by atoms with Crippen molar-refractivity contribution in [2.24, 2.45) is 22.4 Å². The Morgan fingerprint density at radius 3 is 2.13 bits per heavy atom. The van der Waals surface area contributed by atoms with Crippen LogP contribution in [-0.2, 0) is 16.0 Å². The maximum absolute atomic E-state index is 12.2. The molecule has 9 nitrogen and oxygen atoms in total. The number of carbonyl (C=O) groups excluding carboxylic acids is 2. The van der Waals surface area contributed by atoms with Crippen LogP contribution in [0, 0.1) is 5.92 Å². The number of nitrogens with zero attached hydrogens (tertiary/aromatic N) is 1. The first kappa shape index (κ1) is 22.4. The number of carboxylic acids is 1. The molecule has 0 heterocycles. The fourth-order valence-electron chi connectivity index (χ4n) is 2.59. The van der Waals surface area contributed by atoms with Crippen LogP contribution < -0.4 is 21.5 Å². The zero-order chi connectivity index (χ0) is 22.3. The standard InChI is InChI=1S/C21H24N4O5/c1-12(2)18(19(27)28)25-17(26)11-13-3-9-16(10-4-13)30-20(29)14-5-7-15(8-6-14)24-21(22)23/h3-10,12,18H,11H2,1-2H3,(H,25,26)(H,27,28)(H4,22,23,24)/t18-/m1/s1. The summed E-state index contributed by atoms with van der Waals surface area (Å²) in [7, 11) is 0.